The lowest BCUT2D eigenvalue weighted by Crippen LogP contribution is -2.30. The molecule has 0 unspecified atom stereocenters. The summed E-state index contributed by atoms with van der Waals surface area (Å²) in [6, 6.07) is 6.62. The van der Waals surface area contributed by atoms with Crippen molar-refractivity contribution in [2.75, 3.05) is 37.4 Å². The van der Waals surface area contributed by atoms with Gasteiger partial charge in [-0.15, -0.1) is 5.10 Å². The number of carbonyl (C=O) groups is 1. The molecule has 0 aliphatic heterocycles. The number of benzene rings is 1. The molecule has 2 rings (SSSR count). The standard InChI is InChI=1S/C16H19F2N5O3S/c1-23(2)11-9-14(22-21-10-11)19-7-8-20-15(24)12-5-3-4-6-13(12)27(25,26)16(17)18/h3-6,9-10,16H,7-8H2,1-2H3,(H,19,22)(H,20,24). The van der Waals surface area contributed by atoms with Gasteiger partial charge in [-0.25, -0.2) is 8.42 Å². The molecule has 2 N–H and O–H groups in total. The molecule has 1 aromatic carbocycles. The van der Waals surface area contributed by atoms with E-state index in [0.29, 0.717) is 5.82 Å². The van der Waals surface area contributed by atoms with Crippen molar-refractivity contribution in [2.24, 2.45) is 0 Å². The fourth-order valence-corrected chi connectivity index (χ4v) is 3.07. The van der Waals surface area contributed by atoms with Crippen LogP contribution in [0.5, 0.6) is 0 Å². The first kappa shape index (κ1) is 20.5. The van der Waals surface area contributed by atoms with Gasteiger partial charge in [0.25, 0.3) is 5.91 Å². The lowest BCUT2D eigenvalue weighted by molar-refractivity contribution is 0.0951. The molecule has 1 aromatic heterocycles. The zero-order valence-corrected chi connectivity index (χ0v) is 15.5. The van der Waals surface area contributed by atoms with Gasteiger partial charge in [-0.05, 0) is 12.1 Å². The second-order valence-corrected chi connectivity index (χ2v) is 7.56. The van der Waals surface area contributed by atoms with Crippen LogP contribution >= 0.6 is 0 Å². The summed E-state index contributed by atoms with van der Waals surface area (Å²) in [5.74, 6) is -3.86. The second kappa shape index (κ2) is 8.71. The van der Waals surface area contributed by atoms with Crippen LogP contribution in [0.1, 0.15) is 10.4 Å². The summed E-state index contributed by atoms with van der Waals surface area (Å²) in [6.45, 7) is 0.400. The van der Waals surface area contributed by atoms with E-state index in [1.165, 1.54) is 18.2 Å². The number of alkyl halides is 2. The van der Waals surface area contributed by atoms with Crippen molar-refractivity contribution in [3.05, 3.63) is 42.1 Å². The number of nitrogens with zero attached hydrogens (tertiary/aromatic N) is 3. The maximum Gasteiger partial charge on any atom is 0.341 e. The third-order valence-electron chi connectivity index (χ3n) is 3.55. The molecule has 0 fully saturated rings. The Hall–Kier alpha value is -2.82. The molecule has 0 saturated heterocycles. The minimum absolute atomic E-state index is 0.121. The quantitative estimate of drug-likeness (QED) is 0.646. The van der Waals surface area contributed by atoms with E-state index in [1.54, 1.807) is 12.3 Å². The van der Waals surface area contributed by atoms with Gasteiger partial charge >= 0.3 is 5.76 Å². The Morgan fingerprint density at radius 2 is 1.93 bits per heavy atom. The Labute approximate surface area is 155 Å². The summed E-state index contributed by atoms with van der Waals surface area (Å²) in [5.41, 5.74) is 0.509. The van der Waals surface area contributed by atoms with Crippen LogP contribution in [0.2, 0.25) is 0 Å². The van der Waals surface area contributed by atoms with Gasteiger partial charge in [0, 0.05) is 33.3 Å². The molecular weight excluding hydrogens is 380 g/mol. The number of rotatable bonds is 8. The van der Waals surface area contributed by atoms with Gasteiger partial charge in [-0.1, -0.05) is 12.1 Å². The predicted octanol–water partition coefficient (Wildman–Crippen LogP) is 1.38. The molecule has 0 aliphatic rings. The molecule has 0 bridgehead atoms. The Balaban J connectivity index is 1.98. The Morgan fingerprint density at radius 1 is 1.22 bits per heavy atom. The van der Waals surface area contributed by atoms with Crippen LogP contribution in [0, 0.1) is 0 Å². The Bertz CT molecular complexity index is 906. The molecule has 1 amide bonds. The Kier molecular flexibility index (Phi) is 6.61. The highest BCUT2D eigenvalue weighted by atomic mass is 32.2. The molecule has 8 nitrogen and oxygen atoms in total. The molecule has 27 heavy (non-hydrogen) atoms. The van der Waals surface area contributed by atoms with Crippen LogP contribution in [0.3, 0.4) is 0 Å². The maximum atomic E-state index is 12.8. The molecule has 11 heteroatoms. The molecule has 0 saturated carbocycles. The number of nitrogens with one attached hydrogen (secondary N) is 2. The van der Waals surface area contributed by atoms with E-state index in [-0.39, 0.29) is 18.7 Å². The SMILES string of the molecule is CN(C)c1cnnc(NCCNC(=O)c2ccccc2S(=O)(=O)C(F)F)c1. The van der Waals surface area contributed by atoms with Gasteiger partial charge in [0.2, 0.25) is 9.84 Å². The fourth-order valence-electron chi connectivity index (χ4n) is 2.15. The number of halogens is 2. The van der Waals surface area contributed by atoms with Crippen molar-refractivity contribution in [3.63, 3.8) is 0 Å². The van der Waals surface area contributed by atoms with E-state index in [4.69, 9.17) is 0 Å². The number of anilines is 2. The van der Waals surface area contributed by atoms with Gasteiger partial charge < -0.3 is 15.5 Å². The topological polar surface area (TPSA) is 104 Å². The molecule has 0 radical (unpaired) electrons. The summed E-state index contributed by atoms with van der Waals surface area (Å²) >= 11 is 0. The van der Waals surface area contributed by atoms with Crippen LogP contribution in [0.4, 0.5) is 20.3 Å². The predicted molar refractivity (Wildman–Crippen MR) is 96.8 cm³/mol. The van der Waals surface area contributed by atoms with E-state index in [9.17, 15) is 22.0 Å². The summed E-state index contributed by atoms with van der Waals surface area (Å²) in [6.07, 6.45) is 1.59. The Morgan fingerprint density at radius 3 is 2.59 bits per heavy atom. The first-order valence-corrected chi connectivity index (χ1v) is 9.41. The van der Waals surface area contributed by atoms with E-state index >= 15 is 0 Å². The van der Waals surface area contributed by atoms with Crippen LogP contribution in [-0.4, -0.2) is 57.5 Å². The monoisotopic (exact) mass is 399 g/mol. The number of carbonyl (C=O) groups excluding carboxylic acids is 1. The highest BCUT2D eigenvalue weighted by molar-refractivity contribution is 7.91. The minimum atomic E-state index is -4.87. The van der Waals surface area contributed by atoms with Gasteiger partial charge in [0.1, 0.15) is 0 Å². The first-order valence-electron chi connectivity index (χ1n) is 7.86. The minimum Gasteiger partial charge on any atom is -0.376 e. The van der Waals surface area contributed by atoms with E-state index in [2.05, 4.69) is 20.8 Å². The van der Waals surface area contributed by atoms with E-state index in [1.807, 2.05) is 19.0 Å². The summed E-state index contributed by atoms with van der Waals surface area (Å²) in [7, 11) is -1.17. The van der Waals surface area contributed by atoms with Crippen molar-refractivity contribution >= 4 is 27.2 Å². The zero-order chi connectivity index (χ0) is 20.0. The number of sulfone groups is 1. The lowest BCUT2D eigenvalue weighted by atomic mass is 10.2. The third-order valence-corrected chi connectivity index (χ3v) is 4.98. The molecule has 1 heterocycles. The number of aromatic nitrogens is 2. The molecule has 0 aliphatic carbocycles. The molecule has 0 atom stereocenters. The summed E-state index contributed by atoms with van der Waals surface area (Å²) in [5, 5.41) is 13.2. The third kappa shape index (κ3) is 5.09. The second-order valence-electron chi connectivity index (χ2n) is 5.68. The number of hydrogen-bond acceptors (Lipinski definition) is 7. The summed E-state index contributed by atoms with van der Waals surface area (Å²) in [4.78, 5) is 13.4. The van der Waals surface area contributed by atoms with Crippen molar-refractivity contribution in [3.8, 4) is 0 Å². The zero-order valence-electron chi connectivity index (χ0n) is 14.7. The van der Waals surface area contributed by atoms with Crippen LogP contribution < -0.4 is 15.5 Å². The number of hydrogen-bond donors (Lipinski definition) is 2. The van der Waals surface area contributed by atoms with Crippen molar-refractivity contribution < 1.29 is 22.0 Å². The number of amides is 1. The maximum absolute atomic E-state index is 12.8. The van der Waals surface area contributed by atoms with Crippen molar-refractivity contribution in [1.29, 1.82) is 0 Å². The molecular formula is C16H19F2N5O3S. The average Bonchev–Trinajstić information content (AvgIpc) is 2.65. The van der Waals surface area contributed by atoms with Crippen LogP contribution in [-0.2, 0) is 9.84 Å². The van der Waals surface area contributed by atoms with Crippen molar-refractivity contribution in [2.45, 2.75) is 10.7 Å². The molecule has 0 spiro atoms. The largest absolute Gasteiger partial charge is 0.376 e. The normalized spacial score (nSPS) is 11.3. The van der Waals surface area contributed by atoms with Crippen LogP contribution in [0.15, 0.2) is 41.4 Å². The summed E-state index contributed by atoms with van der Waals surface area (Å²) < 4.78 is 49.0. The van der Waals surface area contributed by atoms with Crippen molar-refractivity contribution in [1.82, 2.24) is 15.5 Å². The highest BCUT2D eigenvalue weighted by Gasteiger charge is 2.30. The van der Waals surface area contributed by atoms with Crippen LogP contribution in [0.25, 0.3) is 0 Å². The van der Waals surface area contributed by atoms with E-state index < -0.39 is 26.4 Å². The fraction of sp³-hybridized carbons (Fsp3) is 0.312. The first-order chi connectivity index (χ1) is 12.7. The average molecular weight is 399 g/mol. The van der Waals surface area contributed by atoms with Gasteiger partial charge in [0.15, 0.2) is 5.82 Å². The van der Waals surface area contributed by atoms with Gasteiger partial charge in [0.05, 0.1) is 22.3 Å². The molecule has 2 aromatic rings. The van der Waals surface area contributed by atoms with Gasteiger partial charge in [-0.2, -0.15) is 13.9 Å². The molecule has 146 valence electrons. The lowest BCUT2D eigenvalue weighted by Gasteiger charge is -2.13. The highest BCUT2D eigenvalue weighted by Crippen LogP contribution is 2.22. The smallest absolute Gasteiger partial charge is 0.341 e. The van der Waals surface area contributed by atoms with Gasteiger partial charge in [-0.3, -0.25) is 4.79 Å². The van der Waals surface area contributed by atoms with E-state index in [0.717, 1.165) is 11.8 Å².